The van der Waals surface area contributed by atoms with Crippen LogP contribution in [-0.2, 0) is 0 Å². The second-order valence-electron chi connectivity index (χ2n) is 10.0. The standard InChI is InChI=1S/C25H28F3N3O3/c1-14-9-17(13-24(3,4)12-14)31-21-10-15(2)19(22(32)33)11-20(21)30-23(31)29-16-5-7-18(8-6-16)34-25(26,27)28/h5-8,10-11,14,17H,9,12-13H2,1-4H3,(H,29,30)(H,32,33)/t14-,17+/m1/s1. The van der Waals surface area contributed by atoms with Crippen LogP contribution in [0.3, 0.4) is 0 Å². The number of hydrogen-bond acceptors (Lipinski definition) is 4. The number of rotatable bonds is 5. The van der Waals surface area contributed by atoms with Gasteiger partial charge in [-0.1, -0.05) is 20.8 Å². The summed E-state index contributed by atoms with van der Waals surface area (Å²) in [7, 11) is 0. The van der Waals surface area contributed by atoms with E-state index >= 15 is 0 Å². The SMILES string of the molecule is Cc1cc2c(cc1C(=O)O)nc(Nc1ccc(OC(F)(F)F)cc1)n2[C@H]1C[C@@H](C)CC(C)(C)C1. The molecule has 0 spiro atoms. The summed E-state index contributed by atoms with van der Waals surface area (Å²) in [5, 5.41) is 12.8. The number of halogens is 3. The third-order valence-electron chi connectivity index (χ3n) is 6.34. The van der Waals surface area contributed by atoms with Crippen LogP contribution in [0.15, 0.2) is 36.4 Å². The maximum atomic E-state index is 12.5. The lowest BCUT2D eigenvalue weighted by Gasteiger charge is -2.40. The zero-order valence-electron chi connectivity index (χ0n) is 19.5. The predicted molar refractivity (Wildman–Crippen MR) is 124 cm³/mol. The summed E-state index contributed by atoms with van der Waals surface area (Å²) in [5.41, 5.74) is 2.89. The van der Waals surface area contributed by atoms with Gasteiger partial charge in [-0.05, 0) is 79.5 Å². The van der Waals surface area contributed by atoms with Crippen LogP contribution in [0, 0.1) is 18.3 Å². The van der Waals surface area contributed by atoms with E-state index < -0.39 is 12.3 Å². The molecule has 0 unspecified atom stereocenters. The lowest BCUT2D eigenvalue weighted by atomic mass is 9.70. The normalized spacial score (nSPS) is 20.3. The molecule has 2 N–H and O–H groups in total. The number of ether oxygens (including phenoxy) is 1. The van der Waals surface area contributed by atoms with E-state index in [0.717, 1.165) is 24.8 Å². The van der Waals surface area contributed by atoms with E-state index in [1.54, 1.807) is 13.0 Å². The van der Waals surface area contributed by atoms with Crippen LogP contribution in [0.5, 0.6) is 5.75 Å². The zero-order valence-corrected chi connectivity index (χ0v) is 19.5. The van der Waals surface area contributed by atoms with Crippen LogP contribution in [0.2, 0.25) is 0 Å². The molecule has 0 saturated heterocycles. The van der Waals surface area contributed by atoms with Crippen molar-refractivity contribution in [3.63, 3.8) is 0 Å². The van der Waals surface area contributed by atoms with Gasteiger partial charge < -0.3 is 19.7 Å². The average Bonchev–Trinajstić information content (AvgIpc) is 3.02. The first-order valence-electron chi connectivity index (χ1n) is 11.2. The summed E-state index contributed by atoms with van der Waals surface area (Å²) in [6.45, 7) is 8.48. The summed E-state index contributed by atoms with van der Waals surface area (Å²) in [4.78, 5) is 16.4. The number of aromatic nitrogens is 2. The van der Waals surface area contributed by atoms with Crippen LogP contribution in [-0.4, -0.2) is 27.0 Å². The molecule has 1 aliphatic carbocycles. The minimum Gasteiger partial charge on any atom is -0.478 e. The van der Waals surface area contributed by atoms with E-state index in [4.69, 9.17) is 4.98 Å². The van der Waals surface area contributed by atoms with Crippen molar-refractivity contribution in [2.24, 2.45) is 11.3 Å². The Morgan fingerprint density at radius 3 is 2.47 bits per heavy atom. The third kappa shape index (κ3) is 5.13. The molecule has 0 amide bonds. The van der Waals surface area contributed by atoms with Crippen LogP contribution in [0.1, 0.15) is 62.0 Å². The highest BCUT2D eigenvalue weighted by atomic mass is 19.4. The number of anilines is 2. The smallest absolute Gasteiger partial charge is 0.478 e. The zero-order chi connectivity index (χ0) is 24.8. The van der Waals surface area contributed by atoms with Gasteiger partial charge in [0.25, 0.3) is 0 Å². The number of carbonyl (C=O) groups is 1. The van der Waals surface area contributed by atoms with Gasteiger partial charge in [-0.2, -0.15) is 0 Å². The number of hydrogen-bond donors (Lipinski definition) is 2. The molecule has 4 rings (SSSR count). The molecule has 2 atom stereocenters. The van der Waals surface area contributed by atoms with Gasteiger partial charge in [0.2, 0.25) is 5.95 Å². The topological polar surface area (TPSA) is 76.4 Å². The molecule has 182 valence electrons. The molecule has 3 aromatic rings. The molecular formula is C25H28F3N3O3. The van der Waals surface area contributed by atoms with Crippen LogP contribution in [0.4, 0.5) is 24.8 Å². The molecule has 1 fully saturated rings. The summed E-state index contributed by atoms with van der Waals surface area (Å²) in [5.74, 6) is -0.305. The van der Waals surface area contributed by atoms with Crippen molar-refractivity contribution in [3.05, 3.63) is 47.5 Å². The number of benzene rings is 2. The van der Waals surface area contributed by atoms with Crippen LogP contribution < -0.4 is 10.1 Å². The first-order valence-corrected chi connectivity index (χ1v) is 11.2. The Morgan fingerprint density at radius 1 is 1.21 bits per heavy atom. The number of carboxylic acid groups (broad SMARTS) is 1. The molecule has 0 radical (unpaired) electrons. The number of carboxylic acids is 1. The summed E-state index contributed by atoms with van der Waals surface area (Å²) >= 11 is 0. The average molecular weight is 476 g/mol. The fourth-order valence-electron chi connectivity index (χ4n) is 5.30. The highest BCUT2D eigenvalue weighted by molar-refractivity contribution is 5.95. The number of nitrogens with one attached hydrogen (secondary N) is 1. The van der Waals surface area contributed by atoms with Gasteiger partial charge in [-0.3, -0.25) is 0 Å². The van der Waals surface area contributed by atoms with Crippen molar-refractivity contribution in [2.45, 2.75) is 59.4 Å². The van der Waals surface area contributed by atoms with Crippen molar-refractivity contribution in [1.29, 1.82) is 0 Å². The quantitative estimate of drug-likeness (QED) is 0.413. The fourth-order valence-corrected chi connectivity index (χ4v) is 5.30. The van der Waals surface area contributed by atoms with E-state index in [9.17, 15) is 23.1 Å². The van der Waals surface area contributed by atoms with Crippen LogP contribution in [0.25, 0.3) is 11.0 Å². The second-order valence-corrected chi connectivity index (χ2v) is 10.0. The van der Waals surface area contributed by atoms with Crippen molar-refractivity contribution >= 4 is 28.6 Å². The highest BCUT2D eigenvalue weighted by Crippen LogP contribution is 2.46. The Balaban J connectivity index is 1.77. The van der Waals surface area contributed by atoms with E-state index in [-0.39, 0.29) is 22.8 Å². The van der Waals surface area contributed by atoms with E-state index in [0.29, 0.717) is 28.6 Å². The first-order chi connectivity index (χ1) is 15.8. The molecule has 9 heteroatoms. The molecule has 1 heterocycles. The van der Waals surface area contributed by atoms with Crippen molar-refractivity contribution in [1.82, 2.24) is 9.55 Å². The minimum absolute atomic E-state index is 0.128. The monoisotopic (exact) mass is 475 g/mol. The number of aryl methyl sites for hydroxylation is 1. The second kappa shape index (κ2) is 8.52. The number of alkyl halides is 3. The van der Waals surface area contributed by atoms with E-state index in [1.165, 1.54) is 24.3 Å². The number of aromatic carboxylic acids is 1. The highest BCUT2D eigenvalue weighted by Gasteiger charge is 2.35. The lowest BCUT2D eigenvalue weighted by Crippen LogP contribution is -2.29. The molecule has 1 saturated carbocycles. The van der Waals surface area contributed by atoms with Gasteiger partial charge in [0.1, 0.15) is 5.75 Å². The van der Waals surface area contributed by atoms with Gasteiger partial charge in [0.15, 0.2) is 0 Å². The maximum absolute atomic E-state index is 12.5. The van der Waals surface area contributed by atoms with Gasteiger partial charge in [-0.25, -0.2) is 9.78 Å². The number of fused-ring (bicyclic) bond motifs is 1. The maximum Gasteiger partial charge on any atom is 0.573 e. The molecule has 2 aromatic carbocycles. The van der Waals surface area contributed by atoms with Gasteiger partial charge in [0.05, 0.1) is 16.6 Å². The molecule has 6 nitrogen and oxygen atoms in total. The Hall–Kier alpha value is -3.23. The lowest BCUT2D eigenvalue weighted by molar-refractivity contribution is -0.274. The number of nitrogens with zero attached hydrogens (tertiary/aromatic N) is 2. The summed E-state index contributed by atoms with van der Waals surface area (Å²) in [6, 6.07) is 9.02. The molecule has 34 heavy (non-hydrogen) atoms. The molecular weight excluding hydrogens is 447 g/mol. The van der Waals surface area contributed by atoms with Crippen LogP contribution >= 0.6 is 0 Å². The first kappa shape index (κ1) is 23.9. The predicted octanol–water partition coefficient (Wildman–Crippen LogP) is 7.07. The Kier molecular flexibility index (Phi) is 5.99. The Morgan fingerprint density at radius 2 is 1.88 bits per heavy atom. The largest absolute Gasteiger partial charge is 0.573 e. The van der Waals surface area contributed by atoms with Crippen molar-refractivity contribution < 1.29 is 27.8 Å². The summed E-state index contributed by atoms with van der Waals surface area (Å²) in [6.07, 6.45) is -1.77. The van der Waals surface area contributed by atoms with Crippen molar-refractivity contribution in [2.75, 3.05) is 5.32 Å². The van der Waals surface area contributed by atoms with E-state index in [2.05, 4.69) is 35.4 Å². The molecule has 1 aromatic heterocycles. The van der Waals surface area contributed by atoms with Gasteiger partial charge in [-0.15, -0.1) is 13.2 Å². The van der Waals surface area contributed by atoms with Crippen molar-refractivity contribution in [3.8, 4) is 5.75 Å². The molecule has 0 bridgehead atoms. The molecule has 0 aliphatic heterocycles. The van der Waals surface area contributed by atoms with Gasteiger partial charge >= 0.3 is 12.3 Å². The Bertz CT molecular complexity index is 1220. The third-order valence-corrected chi connectivity index (χ3v) is 6.34. The van der Waals surface area contributed by atoms with E-state index in [1.807, 2.05) is 6.07 Å². The fraction of sp³-hybridized carbons (Fsp3) is 0.440. The summed E-state index contributed by atoms with van der Waals surface area (Å²) < 4.78 is 43.5. The Labute approximate surface area is 195 Å². The number of imidazole rings is 1. The van der Waals surface area contributed by atoms with Gasteiger partial charge in [0, 0.05) is 11.7 Å². The minimum atomic E-state index is -4.76. The molecule has 1 aliphatic rings.